The Morgan fingerprint density at radius 3 is 2.33 bits per heavy atom. The molecule has 3 heteroatoms. The largest absolute Gasteiger partial charge is 0.479 e. The van der Waals surface area contributed by atoms with Crippen LogP contribution in [0.1, 0.15) is 38.3 Å². The number of rotatable bonds is 2. The van der Waals surface area contributed by atoms with Gasteiger partial charge in [-0.15, -0.1) is 0 Å². The number of anilines is 2. The zero-order valence-corrected chi connectivity index (χ0v) is 24.6. The molecule has 1 aliphatic carbocycles. The van der Waals surface area contributed by atoms with Crippen molar-refractivity contribution in [2.75, 3.05) is 4.90 Å². The minimum atomic E-state index is -0.435. The molecule has 3 heterocycles. The molecule has 0 bridgehead atoms. The number of hydrogen-bond donors (Lipinski definition) is 0. The Kier molecular flexibility index (Phi) is 4.86. The first kappa shape index (κ1) is 24.6. The van der Waals surface area contributed by atoms with E-state index in [9.17, 15) is 0 Å². The summed E-state index contributed by atoms with van der Waals surface area (Å²) in [5.74, 6) is 0.953. The van der Waals surface area contributed by atoms with Gasteiger partial charge < -0.3 is 14.2 Å². The van der Waals surface area contributed by atoms with E-state index >= 15 is 0 Å². The van der Waals surface area contributed by atoms with Crippen LogP contribution < -0.4 is 9.64 Å². The maximum atomic E-state index is 7.00. The van der Waals surface area contributed by atoms with Gasteiger partial charge in [0.1, 0.15) is 11.4 Å². The predicted molar refractivity (Wildman–Crippen MR) is 178 cm³/mol. The molecule has 1 aromatic heterocycles. The summed E-state index contributed by atoms with van der Waals surface area (Å²) in [4.78, 5) is 2.47. The lowest BCUT2D eigenvalue weighted by molar-refractivity contribution is 0.119. The highest BCUT2D eigenvalue weighted by atomic mass is 16.5. The fraction of sp³-hybridized carbons (Fsp3) is 0.150. The first-order valence-corrected chi connectivity index (χ1v) is 15.2. The number of aromatic nitrogens is 1. The normalized spacial score (nSPS) is 19.4. The highest BCUT2D eigenvalue weighted by Gasteiger charge is 2.48. The second-order valence-electron chi connectivity index (χ2n) is 12.8. The Morgan fingerprint density at radius 2 is 1.44 bits per heavy atom. The van der Waals surface area contributed by atoms with E-state index in [4.69, 9.17) is 4.74 Å². The molecule has 0 N–H and O–H groups in total. The molecule has 208 valence electrons. The Labute approximate surface area is 252 Å². The Bertz CT molecular complexity index is 2180. The fourth-order valence-corrected chi connectivity index (χ4v) is 7.66. The van der Waals surface area contributed by atoms with Gasteiger partial charge in [-0.1, -0.05) is 92.7 Å². The van der Waals surface area contributed by atoms with Crippen molar-refractivity contribution in [2.24, 2.45) is 0 Å². The fourth-order valence-electron chi connectivity index (χ4n) is 7.66. The van der Waals surface area contributed by atoms with Gasteiger partial charge in [-0.2, -0.15) is 0 Å². The average Bonchev–Trinajstić information content (AvgIpc) is 3.36. The summed E-state index contributed by atoms with van der Waals surface area (Å²) >= 11 is 0. The SMILES string of the molecule is CC12CC=CC=C1N1c3ccccc3C(C)(C)c3cc(-c4ccc5c6ccccc6n(-c6ccccc6)c5c4)cc(c31)O2. The van der Waals surface area contributed by atoms with Gasteiger partial charge in [0.2, 0.25) is 0 Å². The van der Waals surface area contributed by atoms with Crippen molar-refractivity contribution in [2.45, 2.75) is 38.2 Å². The lowest BCUT2D eigenvalue weighted by Gasteiger charge is -2.51. The molecule has 0 saturated carbocycles. The van der Waals surface area contributed by atoms with Gasteiger partial charge in [-0.3, -0.25) is 0 Å². The maximum absolute atomic E-state index is 7.00. The van der Waals surface area contributed by atoms with E-state index in [2.05, 4.69) is 158 Å². The van der Waals surface area contributed by atoms with Crippen LogP contribution in [0.5, 0.6) is 5.75 Å². The quantitative estimate of drug-likeness (QED) is 0.211. The molecular weight excluding hydrogens is 524 g/mol. The van der Waals surface area contributed by atoms with E-state index in [0.717, 1.165) is 12.2 Å². The lowest BCUT2D eigenvalue weighted by Crippen LogP contribution is -2.48. The highest BCUT2D eigenvalue weighted by molar-refractivity contribution is 6.10. The topological polar surface area (TPSA) is 17.4 Å². The second-order valence-corrected chi connectivity index (χ2v) is 12.8. The standard InChI is InChI=1S/C40H32N2O/c1-39(2)31-16-8-10-18-34(31)42-37-19-11-12-22-40(37,3)43-36-25-27(23-32(39)38(36)42)26-20-21-30-29-15-7-9-17-33(29)41(35(30)24-26)28-13-5-4-6-14-28/h4-21,23-25H,22H2,1-3H3. The molecule has 5 aromatic carbocycles. The molecule has 9 rings (SSSR count). The molecule has 0 amide bonds. The molecule has 2 aliphatic heterocycles. The molecule has 0 spiro atoms. The summed E-state index contributed by atoms with van der Waals surface area (Å²) in [5.41, 5.74) is 11.6. The predicted octanol–water partition coefficient (Wildman–Crippen LogP) is 10.2. The molecule has 1 atom stereocenters. The molecule has 3 nitrogen and oxygen atoms in total. The summed E-state index contributed by atoms with van der Waals surface area (Å²) in [7, 11) is 0. The Morgan fingerprint density at radius 1 is 0.674 bits per heavy atom. The van der Waals surface area contributed by atoms with Gasteiger partial charge in [-0.25, -0.2) is 0 Å². The van der Waals surface area contributed by atoms with Crippen LogP contribution in [-0.2, 0) is 5.41 Å². The van der Waals surface area contributed by atoms with E-state index < -0.39 is 5.60 Å². The monoisotopic (exact) mass is 556 g/mol. The van der Waals surface area contributed by atoms with E-state index in [-0.39, 0.29) is 5.41 Å². The summed E-state index contributed by atoms with van der Waals surface area (Å²) in [6.07, 6.45) is 7.46. The molecule has 3 aliphatic rings. The molecular formula is C40H32N2O. The van der Waals surface area contributed by atoms with Gasteiger partial charge in [-0.05, 0) is 77.7 Å². The minimum Gasteiger partial charge on any atom is -0.479 e. The molecule has 0 radical (unpaired) electrons. The third-order valence-corrected chi connectivity index (χ3v) is 9.83. The summed E-state index contributed by atoms with van der Waals surface area (Å²) in [6, 6.07) is 39.9. The number of para-hydroxylation sites is 3. The third-order valence-electron chi connectivity index (χ3n) is 9.83. The van der Waals surface area contributed by atoms with Crippen LogP contribution in [0.4, 0.5) is 11.4 Å². The minimum absolute atomic E-state index is 0.196. The number of ether oxygens (including phenoxy) is 1. The van der Waals surface area contributed by atoms with Crippen LogP contribution in [0.25, 0.3) is 38.6 Å². The van der Waals surface area contributed by atoms with Crippen molar-refractivity contribution < 1.29 is 4.74 Å². The zero-order chi connectivity index (χ0) is 28.9. The van der Waals surface area contributed by atoms with Crippen molar-refractivity contribution in [3.05, 3.63) is 144 Å². The van der Waals surface area contributed by atoms with Crippen molar-refractivity contribution in [1.29, 1.82) is 0 Å². The van der Waals surface area contributed by atoms with Gasteiger partial charge in [0.05, 0.1) is 28.1 Å². The molecule has 0 fully saturated rings. The molecule has 6 aromatic rings. The maximum Gasteiger partial charge on any atom is 0.150 e. The first-order valence-electron chi connectivity index (χ1n) is 15.2. The van der Waals surface area contributed by atoms with E-state index in [1.807, 2.05) is 0 Å². The highest BCUT2D eigenvalue weighted by Crippen LogP contribution is 2.59. The van der Waals surface area contributed by atoms with Gasteiger partial charge in [0.25, 0.3) is 0 Å². The first-order chi connectivity index (χ1) is 20.9. The van der Waals surface area contributed by atoms with Crippen LogP contribution in [-0.4, -0.2) is 10.2 Å². The van der Waals surface area contributed by atoms with Crippen LogP contribution in [0, 0.1) is 0 Å². The average molecular weight is 557 g/mol. The summed E-state index contributed by atoms with van der Waals surface area (Å²) in [5, 5.41) is 2.53. The van der Waals surface area contributed by atoms with Crippen LogP contribution in [0.2, 0.25) is 0 Å². The van der Waals surface area contributed by atoms with Gasteiger partial charge in [0, 0.05) is 28.3 Å². The van der Waals surface area contributed by atoms with E-state index in [1.54, 1.807) is 0 Å². The second kappa shape index (κ2) is 8.52. The number of benzene rings is 5. The van der Waals surface area contributed by atoms with Crippen molar-refractivity contribution in [3.63, 3.8) is 0 Å². The number of fused-ring (bicyclic) bond motifs is 7. The Balaban J connectivity index is 1.31. The van der Waals surface area contributed by atoms with E-state index in [1.165, 1.54) is 66.8 Å². The number of hydrogen-bond acceptors (Lipinski definition) is 2. The number of nitrogens with zero attached hydrogens (tertiary/aromatic N) is 2. The van der Waals surface area contributed by atoms with Gasteiger partial charge in [0.15, 0.2) is 0 Å². The van der Waals surface area contributed by atoms with Crippen molar-refractivity contribution in [3.8, 4) is 22.6 Å². The molecule has 43 heavy (non-hydrogen) atoms. The zero-order valence-electron chi connectivity index (χ0n) is 24.6. The smallest absolute Gasteiger partial charge is 0.150 e. The Hall–Kier alpha value is -5.02. The van der Waals surface area contributed by atoms with E-state index in [0.29, 0.717) is 0 Å². The van der Waals surface area contributed by atoms with Gasteiger partial charge >= 0.3 is 0 Å². The summed E-state index contributed by atoms with van der Waals surface area (Å²) < 4.78 is 9.39. The molecule has 0 saturated heterocycles. The van der Waals surface area contributed by atoms with Crippen molar-refractivity contribution in [1.82, 2.24) is 4.57 Å². The van der Waals surface area contributed by atoms with Crippen molar-refractivity contribution >= 4 is 33.2 Å². The number of allylic oxidation sites excluding steroid dienone is 2. The lowest BCUT2D eigenvalue weighted by atomic mass is 9.71. The molecule has 1 unspecified atom stereocenters. The summed E-state index contributed by atoms with van der Waals surface area (Å²) in [6.45, 7) is 6.92. The van der Waals surface area contributed by atoms with Crippen LogP contribution in [0.3, 0.4) is 0 Å². The van der Waals surface area contributed by atoms with Crippen LogP contribution in [0.15, 0.2) is 133 Å². The third kappa shape index (κ3) is 3.31. The van der Waals surface area contributed by atoms with Crippen LogP contribution >= 0.6 is 0 Å².